The minimum atomic E-state index is 0.0892. The molecule has 1 atom stereocenters. The standard InChI is InChI=1S/C12H22N2O/c1-2-3-4-8-14-12(11-13)6-5-9-15-10-7-12/h14H,4-11,13H2,1H3. The van der Waals surface area contributed by atoms with Gasteiger partial charge in [0.2, 0.25) is 0 Å². The molecule has 1 aliphatic rings. The molecule has 0 saturated carbocycles. The minimum absolute atomic E-state index is 0.0892. The van der Waals surface area contributed by atoms with Gasteiger partial charge >= 0.3 is 0 Å². The van der Waals surface area contributed by atoms with Gasteiger partial charge in [0.15, 0.2) is 0 Å². The fraction of sp³-hybridized carbons (Fsp3) is 0.833. The van der Waals surface area contributed by atoms with Crippen molar-refractivity contribution in [3.63, 3.8) is 0 Å². The van der Waals surface area contributed by atoms with E-state index in [-0.39, 0.29) is 5.54 Å². The Bertz CT molecular complexity index is 222. The molecule has 1 heterocycles. The summed E-state index contributed by atoms with van der Waals surface area (Å²) in [5, 5.41) is 3.55. The Morgan fingerprint density at radius 2 is 2.27 bits per heavy atom. The predicted molar refractivity (Wildman–Crippen MR) is 62.5 cm³/mol. The first-order valence-electron chi connectivity index (χ1n) is 5.75. The molecule has 0 aromatic rings. The Morgan fingerprint density at radius 1 is 1.40 bits per heavy atom. The molecular formula is C12H22N2O. The molecule has 1 aliphatic heterocycles. The van der Waals surface area contributed by atoms with Crippen LogP contribution in [0, 0.1) is 11.8 Å². The highest BCUT2D eigenvalue weighted by molar-refractivity contribution is 4.97. The van der Waals surface area contributed by atoms with Gasteiger partial charge in [0, 0.05) is 38.3 Å². The summed E-state index contributed by atoms with van der Waals surface area (Å²) in [6.45, 7) is 5.19. The molecule has 0 aromatic heterocycles. The average molecular weight is 210 g/mol. The number of hydrogen-bond donors (Lipinski definition) is 2. The van der Waals surface area contributed by atoms with Crippen LogP contribution >= 0.6 is 0 Å². The van der Waals surface area contributed by atoms with E-state index in [4.69, 9.17) is 10.5 Å². The summed E-state index contributed by atoms with van der Waals surface area (Å²) >= 11 is 0. The van der Waals surface area contributed by atoms with Crippen molar-refractivity contribution < 1.29 is 4.74 Å². The maximum Gasteiger partial charge on any atom is 0.0484 e. The second kappa shape index (κ2) is 6.84. The van der Waals surface area contributed by atoms with Crippen LogP contribution < -0.4 is 11.1 Å². The summed E-state index contributed by atoms with van der Waals surface area (Å²) < 4.78 is 5.46. The van der Waals surface area contributed by atoms with Crippen molar-refractivity contribution in [3.05, 3.63) is 0 Å². The van der Waals surface area contributed by atoms with E-state index in [0.29, 0.717) is 6.54 Å². The highest BCUT2D eigenvalue weighted by Gasteiger charge is 2.28. The van der Waals surface area contributed by atoms with Gasteiger partial charge in [0.1, 0.15) is 0 Å². The van der Waals surface area contributed by atoms with Gasteiger partial charge in [-0.15, -0.1) is 11.8 Å². The molecule has 3 N–H and O–H groups in total. The molecule has 1 rings (SSSR count). The van der Waals surface area contributed by atoms with Crippen LogP contribution in [0.2, 0.25) is 0 Å². The summed E-state index contributed by atoms with van der Waals surface area (Å²) in [5.74, 6) is 5.96. The molecule has 0 aliphatic carbocycles. The van der Waals surface area contributed by atoms with Crippen LogP contribution in [0.3, 0.4) is 0 Å². The van der Waals surface area contributed by atoms with Crippen molar-refractivity contribution in [1.82, 2.24) is 5.32 Å². The largest absolute Gasteiger partial charge is 0.381 e. The molecule has 1 fully saturated rings. The molecule has 0 radical (unpaired) electrons. The molecule has 15 heavy (non-hydrogen) atoms. The Hall–Kier alpha value is -0.560. The zero-order valence-corrected chi connectivity index (χ0v) is 9.64. The fourth-order valence-electron chi connectivity index (χ4n) is 1.98. The molecule has 0 bridgehead atoms. The normalized spacial score (nSPS) is 26.5. The quantitative estimate of drug-likeness (QED) is 0.535. The zero-order valence-electron chi connectivity index (χ0n) is 9.64. The number of rotatable bonds is 4. The van der Waals surface area contributed by atoms with Crippen LogP contribution in [0.15, 0.2) is 0 Å². The van der Waals surface area contributed by atoms with Gasteiger partial charge in [-0.25, -0.2) is 0 Å². The van der Waals surface area contributed by atoms with Crippen LogP contribution in [0.5, 0.6) is 0 Å². The lowest BCUT2D eigenvalue weighted by Crippen LogP contribution is -2.51. The Balaban J connectivity index is 2.38. The van der Waals surface area contributed by atoms with Gasteiger partial charge in [-0.2, -0.15) is 0 Å². The Labute approximate surface area is 92.8 Å². The molecule has 3 heteroatoms. The molecule has 3 nitrogen and oxygen atoms in total. The van der Waals surface area contributed by atoms with E-state index in [1.54, 1.807) is 0 Å². The number of nitrogens with two attached hydrogens (primary N) is 1. The molecular weight excluding hydrogens is 188 g/mol. The van der Waals surface area contributed by atoms with Gasteiger partial charge in [0.25, 0.3) is 0 Å². The van der Waals surface area contributed by atoms with E-state index in [2.05, 4.69) is 17.2 Å². The fourth-order valence-corrected chi connectivity index (χ4v) is 1.98. The Kier molecular flexibility index (Phi) is 5.70. The first kappa shape index (κ1) is 12.5. The summed E-state index contributed by atoms with van der Waals surface area (Å²) in [4.78, 5) is 0. The van der Waals surface area contributed by atoms with Crippen molar-refractivity contribution in [2.45, 2.75) is 38.1 Å². The van der Waals surface area contributed by atoms with Crippen molar-refractivity contribution in [3.8, 4) is 11.8 Å². The lowest BCUT2D eigenvalue weighted by atomic mass is 9.90. The predicted octanol–water partition coefficient (Wildman–Crippen LogP) is 0.887. The first-order valence-corrected chi connectivity index (χ1v) is 5.75. The summed E-state index contributed by atoms with van der Waals surface area (Å²) in [5.41, 5.74) is 5.96. The van der Waals surface area contributed by atoms with E-state index in [1.165, 1.54) is 0 Å². The molecule has 1 unspecified atom stereocenters. The second-order valence-electron chi connectivity index (χ2n) is 4.05. The smallest absolute Gasteiger partial charge is 0.0484 e. The average Bonchev–Trinajstić information content (AvgIpc) is 2.51. The summed E-state index contributed by atoms with van der Waals surface area (Å²) in [7, 11) is 0. The van der Waals surface area contributed by atoms with E-state index in [1.807, 2.05) is 6.92 Å². The monoisotopic (exact) mass is 210 g/mol. The molecule has 0 amide bonds. The third-order valence-electron chi connectivity index (χ3n) is 2.99. The molecule has 86 valence electrons. The van der Waals surface area contributed by atoms with E-state index < -0.39 is 0 Å². The van der Waals surface area contributed by atoms with Crippen molar-refractivity contribution in [1.29, 1.82) is 0 Å². The molecule has 0 spiro atoms. The number of hydrogen-bond acceptors (Lipinski definition) is 3. The Morgan fingerprint density at radius 3 is 3.00 bits per heavy atom. The van der Waals surface area contributed by atoms with Gasteiger partial charge in [0.05, 0.1) is 0 Å². The maximum atomic E-state index is 5.87. The first-order chi connectivity index (χ1) is 7.33. The van der Waals surface area contributed by atoms with E-state index in [9.17, 15) is 0 Å². The molecule has 0 aromatic carbocycles. The lowest BCUT2D eigenvalue weighted by Gasteiger charge is -2.32. The molecule has 1 saturated heterocycles. The zero-order chi connectivity index (χ0) is 11.0. The number of nitrogens with one attached hydrogen (secondary N) is 1. The SMILES string of the molecule is CC#CCCNC1(CN)CCCOCC1. The summed E-state index contributed by atoms with van der Waals surface area (Å²) in [6, 6.07) is 0. The van der Waals surface area contributed by atoms with Crippen LogP contribution in [0.25, 0.3) is 0 Å². The van der Waals surface area contributed by atoms with Crippen LogP contribution in [-0.2, 0) is 4.74 Å². The second-order valence-corrected chi connectivity index (χ2v) is 4.05. The van der Waals surface area contributed by atoms with Gasteiger partial charge in [-0.1, -0.05) is 0 Å². The third-order valence-corrected chi connectivity index (χ3v) is 2.99. The van der Waals surface area contributed by atoms with Crippen molar-refractivity contribution in [2.24, 2.45) is 5.73 Å². The maximum absolute atomic E-state index is 5.87. The van der Waals surface area contributed by atoms with Crippen molar-refractivity contribution in [2.75, 3.05) is 26.3 Å². The topological polar surface area (TPSA) is 47.3 Å². The van der Waals surface area contributed by atoms with E-state index in [0.717, 1.165) is 45.4 Å². The minimum Gasteiger partial charge on any atom is -0.381 e. The van der Waals surface area contributed by atoms with Crippen LogP contribution in [-0.4, -0.2) is 31.8 Å². The highest BCUT2D eigenvalue weighted by atomic mass is 16.5. The van der Waals surface area contributed by atoms with Crippen LogP contribution in [0.4, 0.5) is 0 Å². The van der Waals surface area contributed by atoms with Crippen molar-refractivity contribution >= 4 is 0 Å². The summed E-state index contributed by atoms with van der Waals surface area (Å²) in [6.07, 6.45) is 4.13. The van der Waals surface area contributed by atoms with Crippen LogP contribution in [0.1, 0.15) is 32.6 Å². The third kappa shape index (κ3) is 4.21. The highest BCUT2D eigenvalue weighted by Crippen LogP contribution is 2.19. The van der Waals surface area contributed by atoms with Gasteiger partial charge in [-0.3, -0.25) is 0 Å². The number of ether oxygens (including phenoxy) is 1. The van der Waals surface area contributed by atoms with E-state index >= 15 is 0 Å². The van der Waals surface area contributed by atoms with Gasteiger partial charge in [-0.05, 0) is 26.2 Å². The lowest BCUT2D eigenvalue weighted by molar-refractivity contribution is 0.137. The van der Waals surface area contributed by atoms with Gasteiger partial charge < -0.3 is 15.8 Å².